The van der Waals surface area contributed by atoms with Gasteiger partial charge < -0.3 is 10.2 Å². The number of thiazole rings is 1. The molecule has 0 fully saturated rings. The molecule has 0 aliphatic rings. The number of nitrogens with zero attached hydrogens (tertiary/aromatic N) is 2. The van der Waals surface area contributed by atoms with Crippen molar-refractivity contribution in [3.63, 3.8) is 0 Å². The van der Waals surface area contributed by atoms with E-state index in [1.54, 1.807) is 11.9 Å². The van der Waals surface area contributed by atoms with Gasteiger partial charge in [0.2, 0.25) is 11.8 Å². The molecular weight excluding hydrogens is 322 g/mol. The summed E-state index contributed by atoms with van der Waals surface area (Å²) in [5, 5.41) is 3.49. The molecule has 6 heteroatoms. The number of aromatic nitrogens is 1. The fraction of sp³-hybridized carbons (Fsp3) is 0.389. The second kappa shape index (κ2) is 8.06. The van der Waals surface area contributed by atoms with Crippen molar-refractivity contribution in [2.45, 2.75) is 27.2 Å². The van der Waals surface area contributed by atoms with Gasteiger partial charge in [-0.05, 0) is 20.8 Å². The minimum atomic E-state index is -0.163. The largest absolute Gasteiger partial charge is 0.358 e. The van der Waals surface area contributed by atoms with Gasteiger partial charge in [-0.1, -0.05) is 29.8 Å². The molecule has 0 radical (unpaired) electrons. The van der Waals surface area contributed by atoms with Gasteiger partial charge in [0, 0.05) is 24.0 Å². The monoisotopic (exact) mass is 345 g/mol. The maximum atomic E-state index is 12.6. The van der Waals surface area contributed by atoms with E-state index in [1.165, 1.54) is 16.9 Å². The van der Waals surface area contributed by atoms with E-state index in [0.29, 0.717) is 6.54 Å². The van der Waals surface area contributed by atoms with Crippen molar-refractivity contribution in [2.24, 2.45) is 0 Å². The number of rotatable bonds is 6. The third-order valence-electron chi connectivity index (χ3n) is 3.79. The molecule has 1 N–H and O–H groups in total. The molecule has 0 saturated heterocycles. The quantitative estimate of drug-likeness (QED) is 0.875. The molecule has 0 spiro atoms. The summed E-state index contributed by atoms with van der Waals surface area (Å²) in [6, 6.07) is 8.14. The lowest BCUT2D eigenvalue weighted by Gasteiger charge is -2.19. The molecule has 0 unspecified atom stereocenters. The van der Waals surface area contributed by atoms with Crippen LogP contribution in [0.25, 0.3) is 11.3 Å². The van der Waals surface area contributed by atoms with E-state index in [1.807, 2.05) is 45.0 Å². The van der Waals surface area contributed by atoms with Crippen LogP contribution in [0.2, 0.25) is 0 Å². The van der Waals surface area contributed by atoms with Crippen molar-refractivity contribution < 1.29 is 9.59 Å². The molecule has 24 heavy (non-hydrogen) atoms. The van der Waals surface area contributed by atoms with E-state index < -0.39 is 0 Å². The number of carbonyl (C=O) groups is 2. The summed E-state index contributed by atoms with van der Waals surface area (Å²) in [6.45, 7) is 6.45. The van der Waals surface area contributed by atoms with Gasteiger partial charge in [-0.15, -0.1) is 11.3 Å². The number of hydrogen-bond acceptors (Lipinski definition) is 4. The molecule has 0 bridgehead atoms. The minimum absolute atomic E-state index is 0.0573. The van der Waals surface area contributed by atoms with Crippen LogP contribution in [0.4, 0.5) is 0 Å². The standard InChI is InChI=1S/C18H23N3O2S/c1-5-21(11-16(22)19-4)17(23)10-15-18(20-13(3)24-15)14-8-6-12(2)7-9-14/h6-9H,5,10-11H2,1-4H3,(H,19,22). The Morgan fingerprint density at radius 2 is 1.88 bits per heavy atom. The maximum Gasteiger partial charge on any atom is 0.239 e. The van der Waals surface area contributed by atoms with Crippen molar-refractivity contribution in [3.05, 3.63) is 39.7 Å². The predicted octanol–water partition coefficient (Wildman–Crippen LogP) is 2.56. The first kappa shape index (κ1) is 18.1. The smallest absolute Gasteiger partial charge is 0.239 e. The Morgan fingerprint density at radius 3 is 2.46 bits per heavy atom. The zero-order chi connectivity index (χ0) is 17.7. The summed E-state index contributed by atoms with van der Waals surface area (Å²) < 4.78 is 0. The van der Waals surface area contributed by atoms with Gasteiger partial charge in [0.05, 0.1) is 23.7 Å². The zero-order valence-electron chi connectivity index (χ0n) is 14.5. The van der Waals surface area contributed by atoms with E-state index in [-0.39, 0.29) is 24.8 Å². The van der Waals surface area contributed by atoms with Crippen molar-refractivity contribution in [1.82, 2.24) is 15.2 Å². The number of likely N-dealkylation sites (N-methyl/N-ethyl adjacent to an activating group) is 2. The number of hydrogen-bond donors (Lipinski definition) is 1. The van der Waals surface area contributed by atoms with Crippen molar-refractivity contribution in [2.75, 3.05) is 20.1 Å². The Hall–Kier alpha value is -2.21. The maximum absolute atomic E-state index is 12.6. The summed E-state index contributed by atoms with van der Waals surface area (Å²) >= 11 is 1.54. The van der Waals surface area contributed by atoms with Gasteiger partial charge in [-0.25, -0.2) is 4.98 Å². The van der Waals surface area contributed by atoms with Gasteiger partial charge >= 0.3 is 0 Å². The average Bonchev–Trinajstić information content (AvgIpc) is 2.93. The van der Waals surface area contributed by atoms with Crippen molar-refractivity contribution >= 4 is 23.2 Å². The highest BCUT2D eigenvalue weighted by atomic mass is 32.1. The lowest BCUT2D eigenvalue weighted by atomic mass is 10.1. The zero-order valence-corrected chi connectivity index (χ0v) is 15.4. The van der Waals surface area contributed by atoms with E-state index in [4.69, 9.17) is 0 Å². The molecule has 0 saturated carbocycles. The van der Waals surface area contributed by atoms with Gasteiger partial charge in [-0.3, -0.25) is 9.59 Å². The Kier molecular flexibility index (Phi) is 6.09. The summed E-state index contributed by atoms with van der Waals surface area (Å²) in [5.41, 5.74) is 3.06. The van der Waals surface area contributed by atoms with Gasteiger partial charge in [-0.2, -0.15) is 0 Å². The number of nitrogens with one attached hydrogen (secondary N) is 1. The molecule has 0 aliphatic carbocycles. The van der Waals surface area contributed by atoms with Crippen LogP contribution in [0.3, 0.4) is 0 Å². The molecular formula is C18H23N3O2S. The Morgan fingerprint density at radius 1 is 1.21 bits per heavy atom. The second-order valence-corrected chi connectivity index (χ2v) is 6.92. The van der Waals surface area contributed by atoms with Crippen molar-refractivity contribution in [3.8, 4) is 11.3 Å². The van der Waals surface area contributed by atoms with Crippen LogP contribution in [0.15, 0.2) is 24.3 Å². The first-order valence-electron chi connectivity index (χ1n) is 7.96. The van der Waals surface area contributed by atoms with Crippen LogP contribution in [-0.2, 0) is 16.0 Å². The van der Waals surface area contributed by atoms with Crippen LogP contribution in [0.1, 0.15) is 22.4 Å². The Labute approximate surface area is 146 Å². The minimum Gasteiger partial charge on any atom is -0.358 e. The molecule has 1 heterocycles. The normalized spacial score (nSPS) is 10.5. The molecule has 2 aromatic rings. The van der Waals surface area contributed by atoms with Crippen LogP contribution < -0.4 is 5.32 Å². The Bertz CT molecular complexity index is 722. The number of amides is 2. The van der Waals surface area contributed by atoms with Crippen LogP contribution in [-0.4, -0.2) is 41.8 Å². The first-order chi connectivity index (χ1) is 11.4. The summed E-state index contributed by atoms with van der Waals surface area (Å²) in [6.07, 6.45) is 0.263. The fourth-order valence-corrected chi connectivity index (χ4v) is 3.35. The van der Waals surface area contributed by atoms with E-state index in [0.717, 1.165) is 21.1 Å². The topological polar surface area (TPSA) is 62.3 Å². The van der Waals surface area contributed by atoms with E-state index in [2.05, 4.69) is 10.3 Å². The molecule has 0 atom stereocenters. The molecule has 1 aromatic heterocycles. The lowest BCUT2D eigenvalue weighted by molar-refractivity contribution is -0.135. The van der Waals surface area contributed by atoms with E-state index in [9.17, 15) is 9.59 Å². The molecule has 5 nitrogen and oxygen atoms in total. The molecule has 2 rings (SSSR count). The summed E-state index contributed by atoms with van der Waals surface area (Å²) in [7, 11) is 1.57. The van der Waals surface area contributed by atoms with Gasteiger partial charge in [0.25, 0.3) is 0 Å². The first-order valence-corrected chi connectivity index (χ1v) is 8.78. The van der Waals surface area contributed by atoms with Crippen molar-refractivity contribution in [1.29, 1.82) is 0 Å². The van der Waals surface area contributed by atoms with Crippen LogP contribution in [0.5, 0.6) is 0 Å². The second-order valence-electron chi connectivity index (χ2n) is 5.63. The highest BCUT2D eigenvalue weighted by molar-refractivity contribution is 7.12. The molecule has 0 aliphatic heterocycles. The van der Waals surface area contributed by atoms with Crippen LogP contribution in [0, 0.1) is 13.8 Å². The predicted molar refractivity (Wildman–Crippen MR) is 97.0 cm³/mol. The molecule has 2 amide bonds. The van der Waals surface area contributed by atoms with Gasteiger partial charge in [0.1, 0.15) is 0 Å². The van der Waals surface area contributed by atoms with Gasteiger partial charge in [0.15, 0.2) is 0 Å². The molecule has 128 valence electrons. The third-order valence-corrected chi connectivity index (χ3v) is 4.76. The summed E-state index contributed by atoms with van der Waals surface area (Å²) in [5.74, 6) is -0.220. The number of carbonyl (C=O) groups excluding carboxylic acids is 2. The van der Waals surface area contributed by atoms with Crippen LogP contribution >= 0.6 is 11.3 Å². The summed E-state index contributed by atoms with van der Waals surface area (Å²) in [4.78, 5) is 31.2. The average molecular weight is 345 g/mol. The number of benzene rings is 1. The Balaban J connectivity index is 2.21. The van der Waals surface area contributed by atoms with E-state index >= 15 is 0 Å². The SMILES string of the molecule is CCN(CC(=O)NC)C(=O)Cc1sc(C)nc1-c1ccc(C)cc1. The highest BCUT2D eigenvalue weighted by Gasteiger charge is 2.19. The number of aryl methyl sites for hydroxylation is 2. The third kappa shape index (κ3) is 4.41. The fourth-order valence-electron chi connectivity index (χ4n) is 2.40. The lowest BCUT2D eigenvalue weighted by Crippen LogP contribution is -2.40. The molecule has 1 aromatic carbocycles. The highest BCUT2D eigenvalue weighted by Crippen LogP contribution is 2.29.